The van der Waals surface area contributed by atoms with Crippen molar-refractivity contribution in [2.24, 2.45) is 13.0 Å². The van der Waals surface area contributed by atoms with Crippen molar-refractivity contribution >= 4 is 29.3 Å². The number of carbonyl (C=O) groups excluding carboxylic acids is 3. The molecule has 0 aliphatic rings. The lowest BCUT2D eigenvalue weighted by atomic mass is 10.1. The van der Waals surface area contributed by atoms with Crippen LogP contribution in [0.15, 0.2) is 30.5 Å². The topological polar surface area (TPSA) is 79.5 Å². The minimum Gasteiger partial charge on any atom is -0.468 e. The van der Waals surface area contributed by atoms with Gasteiger partial charge in [0.2, 0.25) is 5.78 Å². The lowest BCUT2D eigenvalue weighted by molar-refractivity contribution is -0.159. The minimum absolute atomic E-state index is 0.0984. The van der Waals surface area contributed by atoms with Gasteiger partial charge in [-0.25, -0.2) is 0 Å². The molecule has 0 aliphatic carbocycles. The molecule has 7 nitrogen and oxygen atoms in total. The third kappa shape index (κ3) is 3.93. The number of aryl methyl sites for hydroxylation is 1. The highest BCUT2D eigenvalue weighted by Gasteiger charge is 2.29. The first-order valence-electron chi connectivity index (χ1n) is 7.57. The zero-order valence-electron chi connectivity index (χ0n) is 14.2. The number of aromatic nitrogens is 2. The Morgan fingerprint density at radius 3 is 2.24 bits per heavy atom. The summed E-state index contributed by atoms with van der Waals surface area (Å²) in [7, 11) is 4.17. The number of rotatable bonds is 7. The lowest BCUT2D eigenvalue weighted by Crippen LogP contribution is -2.28. The summed E-state index contributed by atoms with van der Waals surface area (Å²) in [6.07, 6.45) is 1.87. The van der Waals surface area contributed by atoms with Crippen LogP contribution in [0.4, 0.5) is 0 Å². The maximum absolute atomic E-state index is 12.7. The predicted molar refractivity (Wildman–Crippen MR) is 90.4 cm³/mol. The zero-order valence-corrected chi connectivity index (χ0v) is 14.9. The van der Waals surface area contributed by atoms with Gasteiger partial charge in [0, 0.05) is 19.8 Å². The fourth-order valence-corrected chi connectivity index (χ4v) is 2.81. The fourth-order valence-electron chi connectivity index (χ4n) is 2.57. The quantitative estimate of drug-likeness (QED) is 0.426. The molecule has 8 heteroatoms. The number of hydrogen-bond acceptors (Lipinski definition) is 5. The third-order valence-electron chi connectivity index (χ3n) is 3.95. The van der Waals surface area contributed by atoms with Gasteiger partial charge in [0.05, 0.1) is 25.6 Å². The van der Waals surface area contributed by atoms with Gasteiger partial charge in [-0.05, 0) is 30.7 Å². The van der Waals surface area contributed by atoms with E-state index in [2.05, 4.69) is 9.47 Å². The molecule has 134 valence electrons. The Kier molecular flexibility index (Phi) is 6.03. The summed E-state index contributed by atoms with van der Waals surface area (Å²) >= 11 is 6.17. The van der Waals surface area contributed by atoms with Crippen molar-refractivity contribution < 1.29 is 23.9 Å². The minimum atomic E-state index is -1.08. The summed E-state index contributed by atoms with van der Waals surface area (Å²) in [5.74, 6) is -2.66. The van der Waals surface area contributed by atoms with Crippen LogP contribution in [-0.4, -0.2) is 41.1 Å². The summed E-state index contributed by atoms with van der Waals surface area (Å²) in [6.45, 7) is 0.187. The molecule has 0 aliphatic heterocycles. The van der Waals surface area contributed by atoms with Gasteiger partial charge in [0.15, 0.2) is 5.92 Å². The van der Waals surface area contributed by atoms with Crippen molar-refractivity contribution in [2.45, 2.75) is 13.0 Å². The lowest BCUT2D eigenvalue weighted by Gasteiger charge is -2.15. The van der Waals surface area contributed by atoms with Gasteiger partial charge in [-0.15, -0.1) is 0 Å². The highest BCUT2D eigenvalue weighted by molar-refractivity contribution is 6.30. The van der Waals surface area contributed by atoms with Gasteiger partial charge in [-0.2, -0.15) is 0 Å². The average molecular weight is 367 g/mol. The van der Waals surface area contributed by atoms with Crippen molar-refractivity contribution in [1.82, 2.24) is 9.13 Å². The van der Waals surface area contributed by atoms with Crippen molar-refractivity contribution in [1.29, 1.82) is 0 Å². The van der Waals surface area contributed by atoms with Crippen LogP contribution < -0.4 is 0 Å². The first-order valence-corrected chi connectivity index (χ1v) is 7.95. The van der Waals surface area contributed by atoms with E-state index in [-0.39, 0.29) is 18.7 Å². The number of carbonyl (C=O) groups is 3. The molecule has 0 amide bonds. The first kappa shape index (κ1) is 18.8. The predicted octanol–water partition coefficient (Wildman–Crippen LogP) is 2.06. The van der Waals surface area contributed by atoms with Gasteiger partial charge in [-0.3, -0.25) is 14.4 Å². The van der Waals surface area contributed by atoms with E-state index in [1.807, 2.05) is 0 Å². The number of ketones is 1. The molecule has 0 fully saturated rings. The second-order valence-electron chi connectivity index (χ2n) is 5.41. The molecule has 25 heavy (non-hydrogen) atoms. The Morgan fingerprint density at radius 2 is 1.72 bits per heavy atom. The van der Waals surface area contributed by atoms with Gasteiger partial charge in [0.1, 0.15) is 5.15 Å². The smallest absolute Gasteiger partial charge is 0.320 e. The highest BCUT2D eigenvalue weighted by Crippen LogP contribution is 2.21. The van der Waals surface area contributed by atoms with E-state index >= 15 is 0 Å². The zero-order chi connectivity index (χ0) is 18.6. The molecular formula is C17H19ClN2O5. The van der Waals surface area contributed by atoms with Crippen molar-refractivity contribution in [3.8, 4) is 0 Å². The maximum Gasteiger partial charge on any atom is 0.320 e. The summed E-state index contributed by atoms with van der Waals surface area (Å²) < 4.78 is 12.5. The Hall–Kier alpha value is -2.54. The van der Waals surface area contributed by atoms with Crippen LogP contribution in [0.5, 0.6) is 0 Å². The van der Waals surface area contributed by atoms with E-state index in [9.17, 15) is 14.4 Å². The molecule has 2 heterocycles. The monoisotopic (exact) mass is 366 g/mol. The second kappa shape index (κ2) is 8.02. The Balaban J connectivity index is 2.24. The molecule has 0 atom stereocenters. The number of halogens is 1. The summed E-state index contributed by atoms with van der Waals surface area (Å²) in [4.78, 5) is 36.2. The van der Waals surface area contributed by atoms with Crippen LogP contribution in [0.2, 0.25) is 5.15 Å². The van der Waals surface area contributed by atoms with Crippen LogP contribution in [0.25, 0.3) is 0 Å². The largest absolute Gasteiger partial charge is 0.468 e. The second-order valence-corrected chi connectivity index (χ2v) is 5.80. The van der Waals surface area contributed by atoms with Crippen molar-refractivity contribution in [3.05, 3.63) is 47.0 Å². The standard InChI is InChI=1S/C17H19ClN2O5/c1-19-9-4-5-12(19)15(21)13-6-7-14(18)20(13)10-8-11(16(22)24-2)17(23)25-3/h4-7,9,11H,8,10H2,1-3H3. The Morgan fingerprint density at radius 1 is 1.08 bits per heavy atom. The van der Waals surface area contributed by atoms with Crippen LogP contribution in [0.1, 0.15) is 22.6 Å². The van der Waals surface area contributed by atoms with E-state index in [0.29, 0.717) is 16.5 Å². The molecule has 0 saturated carbocycles. The van der Waals surface area contributed by atoms with E-state index in [4.69, 9.17) is 11.6 Å². The molecular weight excluding hydrogens is 348 g/mol. The van der Waals surface area contributed by atoms with Crippen LogP contribution in [0, 0.1) is 5.92 Å². The molecule has 0 aromatic carbocycles. The molecule has 2 aromatic heterocycles. The SMILES string of the molecule is COC(=O)C(CCn1c(Cl)ccc1C(=O)c1cccn1C)C(=O)OC. The number of methoxy groups -OCH3 is 2. The Labute approximate surface area is 150 Å². The summed E-state index contributed by atoms with van der Waals surface area (Å²) in [5.41, 5.74) is 0.883. The highest BCUT2D eigenvalue weighted by atomic mass is 35.5. The van der Waals surface area contributed by atoms with Gasteiger partial charge >= 0.3 is 11.9 Å². The number of esters is 2. The summed E-state index contributed by atoms with van der Waals surface area (Å²) in [5, 5.41) is 0.339. The van der Waals surface area contributed by atoms with Crippen LogP contribution >= 0.6 is 11.6 Å². The van der Waals surface area contributed by atoms with Gasteiger partial charge in [0.25, 0.3) is 0 Å². The van der Waals surface area contributed by atoms with Gasteiger partial charge < -0.3 is 18.6 Å². The van der Waals surface area contributed by atoms with Crippen molar-refractivity contribution in [2.75, 3.05) is 14.2 Å². The number of ether oxygens (including phenoxy) is 2. The maximum atomic E-state index is 12.7. The van der Waals surface area contributed by atoms with E-state index in [1.165, 1.54) is 14.2 Å². The Bertz CT molecular complexity index is 777. The van der Waals surface area contributed by atoms with Crippen LogP contribution in [0.3, 0.4) is 0 Å². The van der Waals surface area contributed by atoms with E-state index in [1.54, 1.807) is 46.6 Å². The molecule has 0 radical (unpaired) electrons. The molecule has 2 rings (SSSR count). The molecule has 0 spiro atoms. The van der Waals surface area contributed by atoms with Gasteiger partial charge in [-0.1, -0.05) is 11.6 Å². The summed E-state index contributed by atoms with van der Waals surface area (Å²) in [6, 6.07) is 6.69. The molecule has 0 bridgehead atoms. The number of nitrogens with zero attached hydrogens (tertiary/aromatic N) is 2. The number of hydrogen-bond donors (Lipinski definition) is 0. The third-order valence-corrected chi connectivity index (χ3v) is 4.28. The van der Waals surface area contributed by atoms with E-state index < -0.39 is 17.9 Å². The average Bonchev–Trinajstić information content (AvgIpc) is 3.19. The van der Waals surface area contributed by atoms with E-state index in [0.717, 1.165) is 0 Å². The molecule has 0 saturated heterocycles. The van der Waals surface area contributed by atoms with Crippen LogP contribution in [-0.2, 0) is 32.7 Å². The molecule has 0 N–H and O–H groups in total. The normalized spacial score (nSPS) is 10.8. The first-order chi connectivity index (χ1) is 11.9. The fraction of sp³-hybridized carbons (Fsp3) is 0.353. The van der Waals surface area contributed by atoms with Crippen molar-refractivity contribution in [3.63, 3.8) is 0 Å². The molecule has 0 unspecified atom stereocenters. The molecule has 2 aromatic rings.